The van der Waals surface area contributed by atoms with Gasteiger partial charge in [0.15, 0.2) is 0 Å². The van der Waals surface area contributed by atoms with Gasteiger partial charge in [-0.15, -0.1) is 0 Å². The summed E-state index contributed by atoms with van der Waals surface area (Å²) in [6, 6.07) is 0.0185. The molecule has 0 radical (unpaired) electrons. The molecule has 0 saturated carbocycles. The third kappa shape index (κ3) is 5.36. The van der Waals surface area contributed by atoms with Crippen LogP contribution in [0.4, 0.5) is 4.79 Å². The molecule has 0 bridgehead atoms. The first-order valence-corrected chi connectivity index (χ1v) is 7.13. The zero-order chi connectivity index (χ0) is 15.5. The van der Waals surface area contributed by atoms with Crippen molar-refractivity contribution in [3.05, 3.63) is 0 Å². The largest absolute Gasteiger partial charge is 0.444 e. The summed E-state index contributed by atoms with van der Waals surface area (Å²) in [6.07, 6.45) is -0.296. The van der Waals surface area contributed by atoms with E-state index in [0.29, 0.717) is 13.1 Å². The van der Waals surface area contributed by atoms with E-state index in [1.54, 1.807) is 4.90 Å². The van der Waals surface area contributed by atoms with Crippen LogP contribution in [0.15, 0.2) is 0 Å². The monoisotopic (exact) mass is 285 g/mol. The van der Waals surface area contributed by atoms with Crippen molar-refractivity contribution in [1.29, 1.82) is 0 Å². The van der Waals surface area contributed by atoms with E-state index in [9.17, 15) is 9.59 Å². The molecule has 1 aliphatic heterocycles. The molecule has 1 aliphatic rings. The zero-order valence-electron chi connectivity index (χ0n) is 13.3. The lowest BCUT2D eigenvalue weighted by Gasteiger charge is -2.41. The number of carbonyl (C=O) groups excluding carboxylic acids is 2. The van der Waals surface area contributed by atoms with Gasteiger partial charge in [0.05, 0.1) is 6.04 Å². The second kappa shape index (κ2) is 6.43. The summed E-state index contributed by atoms with van der Waals surface area (Å²) in [5.41, 5.74) is -0.472. The molecule has 1 saturated heterocycles. The van der Waals surface area contributed by atoms with E-state index in [-0.39, 0.29) is 30.1 Å². The summed E-state index contributed by atoms with van der Waals surface area (Å²) < 4.78 is 5.27. The zero-order valence-corrected chi connectivity index (χ0v) is 13.3. The van der Waals surface area contributed by atoms with Gasteiger partial charge < -0.3 is 15.0 Å². The molecule has 0 aromatic rings. The number of carbonyl (C=O) groups is 2. The van der Waals surface area contributed by atoms with Gasteiger partial charge in [-0.3, -0.25) is 10.1 Å². The maximum absolute atomic E-state index is 11.8. The molecular weight excluding hydrogens is 258 g/mol. The number of nitrogens with zero attached hydrogens (tertiary/aromatic N) is 1. The average molecular weight is 285 g/mol. The van der Waals surface area contributed by atoms with Gasteiger partial charge in [-0.25, -0.2) is 4.79 Å². The van der Waals surface area contributed by atoms with Crippen molar-refractivity contribution < 1.29 is 14.3 Å². The Kier molecular flexibility index (Phi) is 5.39. The van der Waals surface area contributed by atoms with Gasteiger partial charge in [-0.1, -0.05) is 0 Å². The molecule has 1 rings (SSSR count). The minimum atomic E-state index is -0.472. The quantitative estimate of drug-likeness (QED) is 0.812. The molecule has 0 aliphatic carbocycles. The van der Waals surface area contributed by atoms with E-state index < -0.39 is 5.60 Å². The molecule has 0 spiro atoms. The van der Waals surface area contributed by atoms with E-state index in [2.05, 4.69) is 10.6 Å². The predicted octanol–water partition coefficient (Wildman–Crippen LogP) is 1.11. The second-order valence-electron chi connectivity index (χ2n) is 6.63. The molecule has 1 atom stereocenters. The van der Waals surface area contributed by atoms with Crippen LogP contribution in [0.25, 0.3) is 0 Å². The molecule has 6 nitrogen and oxygen atoms in total. The number of likely N-dealkylation sites (tertiary alicyclic amines) is 1. The van der Waals surface area contributed by atoms with Crippen LogP contribution in [0.2, 0.25) is 0 Å². The summed E-state index contributed by atoms with van der Waals surface area (Å²) in [6.45, 7) is 12.4. The lowest BCUT2D eigenvalue weighted by molar-refractivity contribution is -0.123. The van der Waals surface area contributed by atoms with E-state index in [1.165, 1.54) is 0 Å². The Bertz CT molecular complexity index is 357. The van der Waals surface area contributed by atoms with Crippen LogP contribution in [0.5, 0.6) is 0 Å². The number of hydrogen-bond acceptors (Lipinski definition) is 4. The maximum Gasteiger partial charge on any atom is 0.410 e. The van der Waals surface area contributed by atoms with E-state index in [4.69, 9.17) is 4.74 Å². The van der Waals surface area contributed by atoms with Crippen molar-refractivity contribution in [3.63, 3.8) is 0 Å². The van der Waals surface area contributed by atoms with Crippen molar-refractivity contribution in [2.24, 2.45) is 0 Å². The summed E-state index contributed by atoms with van der Waals surface area (Å²) in [4.78, 5) is 25.1. The molecule has 0 aromatic heterocycles. The normalized spacial score (nSPS) is 17.6. The van der Waals surface area contributed by atoms with Crippen molar-refractivity contribution in [2.75, 3.05) is 13.1 Å². The first-order valence-electron chi connectivity index (χ1n) is 7.13. The molecule has 2 N–H and O–H groups in total. The summed E-state index contributed by atoms with van der Waals surface area (Å²) in [5, 5.41) is 6.06. The number of nitrogens with one attached hydrogen (secondary N) is 2. The Morgan fingerprint density at radius 2 is 1.75 bits per heavy atom. The van der Waals surface area contributed by atoms with Crippen LogP contribution < -0.4 is 10.6 Å². The van der Waals surface area contributed by atoms with Gasteiger partial charge in [0.25, 0.3) is 0 Å². The Morgan fingerprint density at radius 1 is 1.20 bits per heavy atom. The molecule has 6 heteroatoms. The van der Waals surface area contributed by atoms with Crippen molar-refractivity contribution in [1.82, 2.24) is 15.5 Å². The fourth-order valence-electron chi connectivity index (χ4n) is 1.90. The molecule has 1 unspecified atom stereocenters. The standard InChI is InChI=1S/C14H27N3O3/c1-9(2)15-12(18)10(3)16-11-7-17(8-11)13(19)20-14(4,5)6/h9-11,16H,7-8H2,1-6H3,(H,15,18). The molecule has 2 amide bonds. The summed E-state index contributed by atoms with van der Waals surface area (Å²) in [5.74, 6) is -0.0179. The van der Waals surface area contributed by atoms with E-state index in [0.717, 1.165) is 0 Å². The van der Waals surface area contributed by atoms with Gasteiger partial charge in [0, 0.05) is 25.2 Å². The Morgan fingerprint density at radius 3 is 2.20 bits per heavy atom. The number of ether oxygens (including phenoxy) is 1. The van der Waals surface area contributed by atoms with Crippen LogP contribution in [0.1, 0.15) is 41.5 Å². The van der Waals surface area contributed by atoms with Crippen molar-refractivity contribution in [3.8, 4) is 0 Å². The number of rotatable bonds is 4. The highest BCUT2D eigenvalue weighted by molar-refractivity contribution is 5.81. The fourth-order valence-corrected chi connectivity index (χ4v) is 1.90. The molecule has 1 fully saturated rings. The molecule has 1 heterocycles. The molecule has 20 heavy (non-hydrogen) atoms. The highest BCUT2D eigenvalue weighted by atomic mass is 16.6. The van der Waals surface area contributed by atoms with Crippen molar-refractivity contribution >= 4 is 12.0 Å². The second-order valence-corrected chi connectivity index (χ2v) is 6.63. The minimum Gasteiger partial charge on any atom is -0.444 e. The average Bonchev–Trinajstić information content (AvgIpc) is 2.18. The predicted molar refractivity (Wildman–Crippen MR) is 77.5 cm³/mol. The highest BCUT2D eigenvalue weighted by Crippen LogP contribution is 2.15. The lowest BCUT2D eigenvalue weighted by atomic mass is 10.1. The maximum atomic E-state index is 11.8. The van der Waals surface area contributed by atoms with E-state index >= 15 is 0 Å². The van der Waals surface area contributed by atoms with Gasteiger partial charge in [-0.05, 0) is 41.5 Å². The smallest absolute Gasteiger partial charge is 0.410 e. The number of hydrogen-bond donors (Lipinski definition) is 2. The Labute approximate surface area is 121 Å². The molecule has 0 aromatic carbocycles. The summed E-state index contributed by atoms with van der Waals surface area (Å²) >= 11 is 0. The van der Waals surface area contributed by atoms with Gasteiger partial charge in [0.1, 0.15) is 5.60 Å². The minimum absolute atomic E-state index is 0.0179. The fraction of sp³-hybridized carbons (Fsp3) is 0.857. The molecular formula is C14H27N3O3. The Balaban J connectivity index is 2.28. The Hall–Kier alpha value is -1.30. The topological polar surface area (TPSA) is 70.7 Å². The van der Waals surface area contributed by atoms with Crippen LogP contribution in [-0.4, -0.2) is 53.7 Å². The number of amides is 2. The van der Waals surface area contributed by atoms with E-state index in [1.807, 2.05) is 41.5 Å². The first kappa shape index (κ1) is 16.8. The van der Waals surface area contributed by atoms with Crippen molar-refractivity contribution in [2.45, 2.75) is 65.3 Å². The van der Waals surface area contributed by atoms with Crippen LogP contribution in [0.3, 0.4) is 0 Å². The molecule has 116 valence electrons. The third-order valence-electron chi connectivity index (χ3n) is 2.84. The summed E-state index contributed by atoms with van der Waals surface area (Å²) in [7, 11) is 0. The first-order chi connectivity index (χ1) is 9.08. The lowest BCUT2D eigenvalue weighted by Crippen LogP contribution is -2.63. The SMILES string of the molecule is CC(C)NC(=O)C(C)NC1CN(C(=O)OC(C)(C)C)C1. The van der Waals surface area contributed by atoms with Gasteiger partial charge >= 0.3 is 6.09 Å². The van der Waals surface area contributed by atoms with Crippen LogP contribution in [0, 0.1) is 0 Å². The van der Waals surface area contributed by atoms with Crippen LogP contribution >= 0.6 is 0 Å². The van der Waals surface area contributed by atoms with Gasteiger partial charge in [0.2, 0.25) is 5.91 Å². The third-order valence-corrected chi connectivity index (χ3v) is 2.84. The van der Waals surface area contributed by atoms with Gasteiger partial charge in [-0.2, -0.15) is 0 Å². The highest BCUT2D eigenvalue weighted by Gasteiger charge is 2.34. The van der Waals surface area contributed by atoms with Crippen LogP contribution in [-0.2, 0) is 9.53 Å².